The Bertz CT molecular complexity index is 2270. The predicted octanol–water partition coefficient (Wildman–Crippen LogP) is 8.95. The molecule has 0 saturated carbocycles. The topological polar surface area (TPSA) is 163 Å². The van der Waals surface area contributed by atoms with Crippen molar-refractivity contribution in [2.75, 3.05) is 24.3 Å². The monoisotopic (exact) mass is 774 g/mol. The number of H-pyrrole nitrogens is 1. The SMILES string of the molecule is CCCc1nc(CSc2ccc(Oc3ccc(N)c(N(C)C(=O)OC(C)(C)C)c3)cc2)c(C(=O)OCC)n1Cc1ccc(-c2ccccc2-c2nnn[nH]2)cc1. The Morgan fingerprint density at radius 2 is 1.64 bits per heavy atom. The first-order chi connectivity index (χ1) is 26.9. The van der Waals surface area contributed by atoms with Crippen molar-refractivity contribution >= 4 is 35.2 Å². The summed E-state index contributed by atoms with van der Waals surface area (Å²) in [6, 6.07) is 29.0. The third kappa shape index (κ3) is 9.55. The molecule has 4 aromatic carbocycles. The molecule has 0 fully saturated rings. The van der Waals surface area contributed by atoms with Crippen molar-refractivity contribution in [3.8, 4) is 34.0 Å². The van der Waals surface area contributed by atoms with Crippen LogP contribution in [0.15, 0.2) is 95.9 Å². The number of tetrazole rings is 1. The fourth-order valence-corrected chi connectivity index (χ4v) is 6.88. The molecule has 2 aromatic heterocycles. The third-order valence-electron chi connectivity index (χ3n) is 8.66. The van der Waals surface area contributed by atoms with Gasteiger partial charge in [-0.05, 0) is 97.6 Å². The van der Waals surface area contributed by atoms with Crippen LogP contribution >= 0.6 is 11.8 Å². The maximum absolute atomic E-state index is 13.5. The minimum absolute atomic E-state index is 0.253. The van der Waals surface area contributed by atoms with Crippen molar-refractivity contribution < 1.29 is 23.8 Å². The second-order valence-corrected chi connectivity index (χ2v) is 15.0. The first-order valence-corrected chi connectivity index (χ1v) is 19.4. The highest BCUT2D eigenvalue weighted by Crippen LogP contribution is 2.34. The van der Waals surface area contributed by atoms with E-state index in [-0.39, 0.29) is 6.61 Å². The highest BCUT2D eigenvalue weighted by Gasteiger charge is 2.25. The number of hydrogen-bond acceptors (Lipinski definition) is 11. The normalized spacial score (nSPS) is 11.3. The summed E-state index contributed by atoms with van der Waals surface area (Å²) >= 11 is 1.57. The lowest BCUT2D eigenvalue weighted by Crippen LogP contribution is -2.34. The molecule has 3 N–H and O–H groups in total. The van der Waals surface area contributed by atoms with E-state index in [0.717, 1.165) is 39.4 Å². The van der Waals surface area contributed by atoms with Crippen molar-refractivity contribution in [1.29, 1.82) is 0 Å². The lowest BCUT2D eigenvalue weighted by atomic mass is 9.98. The van der Waals surface area contributed by atoms with E-state index in [1.54, 1.807) is 43.9 Å². The van der Waals surface area contributed by atoms with Gasteiger partial charge < -0.3 is 24.5 Å². The Labute approximate surface area is 330 Å². The van der Waals surface area contributed by atoms with Gasteiger partial charge in [-0.3, -0.25) is 4.90 Å². The number of imidazole rings is 1. The fraction of sp³-hybridized carbons (Fsp3) is 0.286. The van der Waals surface area contributed by atoms with Crippen molar-refractivity contribution in [3.63, 3.8) is 0 Å². The summed E-state index contributed by atoms with van der Waals surface area (Å²) in [5.74, 6) is 2.62. The predicted molar refractivity (Wildman–Crippen MR) is 218 cm³/mol. The maximum atomic E-state index is 13.5. The second-order valence-electron chi connectivity index (χ2n) is 14.0. The number of ether oxygens (including phenoxy) is 3. The van der Waals surface area contributed by atoms with Gasteiger partial charge in [0.15, 0.2) is 11.5 Å². The molecule has 14 heteroatoms. The number of aryl methyl sites for hydroxylation is 1. The second kappa shape index (κ2) is 17.5. The number of aromatic amines is 1. The minimum Gasteiger partial charge on any atom is -0.461 e. The maximum Gasteiger partial charge on any atom is 0.414 e. The number of hydrogen-bond donors (Lipinski definition) is 2. The molecule has 0 saturated heterocycles. The van der Waals surface area contributed by atoms with Gasteiger partial charge in [0.1, 0.15) is 22.9 Å². The number of nitrogens with two attached hydrogens (primary N) is 1. The molecule has 2 heterocycles. The first kappa shape index (κ1) is 39.5. The molecule has 56 heavy (non-hydrogen) atoms. The van der Waals surface area contributed by atoms with Crippen molar-refractivity contribution in [2.45, 2.75) is 70.3 Å². The number of nitrogens with one attached hydrogen (secondary N) is 1. The molecule has 0 unspecified atom stereocenters. The van der Waals surface area contributed by atoms with E-state index in [4.69, 9.17) is 24.9 Å². The van der Waals surface area contributed by atoms with Crippen molar-refractivity contribution in [3.05, 3.63) is 114 Å². The van der Waals surface area contributed by atoms with Gasteiger partial charge in [-0.15, -0.1) is 16.9 Å². The van der Waals surface area contributed by atoms with E-state index in [9.17, 15) is 9.59 Å². The van der Waals surface area contributed by atoms with E-state index in [1.165, 1.54) is 4.90 Å². The highest BCUT2D eigenvalue weighted by molar-refractivity contribution is 7.98. The van der Waals surface area contributed by atoms with Crippen LogP contribution in [-0.2, 0) is 28.2 Å². The quantitative estimate of drug-likeness (QED) is 0.0617. The zero-order valence-corrected chi connectivity index (χ0v) is 33.2. The standard InChI is InChI=1S/C42H46N8O5S/c1-7-11-37-44-35(26-56-31-21-18-29(19-22-31)54-30-20-23-34(43)36(24-30)49(6)41(52)55-42(3,4)5)38(40(51)53-8-2)50(37)25-27-14-16-28(17-15-27)32-12-9-10-13-33(32)39-45-47-48-46-39/h9-10,12-24H,7-8,11,25-26,43H2,1-6H3,(H,45,46,47,48). The number of carbonyl (C=O) groups excluding carboxylic acids is 2. The number of carbonyl (C=O) groups is 2. The lowest BCUT2D eigenvalue weighted by Gasteiger charge is -2.25. The van der Waals surface area contributed by atoms with Crippen LogP contribution in [0.5, 0.6) is 11.5 Å². The Kier molecular flexibility index (Phi) is 12.4. The van der Waals surface area contributed by atoms with Crippen LogP contribution in [0.4, 0.5) is 16.2 Å². The summed E-state index contributed by atoms with van der Waals surface area (Å²) in [7, 11) is 1.61. The van der Waals surface area contributed by atoms with Crippen LogP contribution in [0, 0.1) is 0 Å². The Morgan fingerprint density at radius 1 is 0.929 bits per heavy atom. The Morgan fingerprint density at radius 3 is 2.30 bits per heavy atom. The molecule has 6 rings (SSSR count). The molecule has 290 valence electrons. The van der Waals surface area contributed by atoms with Crippen molar-refractivity contribution in [1.82, 2.24) is 30.2 Å². The molecular formula is C42H46N8O5S. The zero-order valence-electron chi connectivity index (χ0n) is 32.4. The first-order valence-electron chi connectivity index (χ1n) is 18.4. The van der Waals surface area contributed by atoms with Gasteiger partial charge in [0.25, 0.3) is 0 Å². The van der Waals surface area contributed by atoms with Crippen LogP contribution in [0.3, 0.4) is 0 Å². The Balaban J connectivity index is 1.18. The van der Waals surface area contributed by atoms with Gasteiger partial charge >= 0.3 is 12.1 Å². The summed E-state index contributed by atoms with van der Waals surface area (Å²) in [4.78, 5) is 33.5. The molecule has 0 aliphatic heterocycles. The van der Waals surface area contributed by atoms with E-state index in [1.807, 2.05) is 73.9 Å². The molecule has 0 bridgehead atoms. The van der Waals surface area contributed by atoms with Crippen LogP contribution in [-0.4, -0.2) is 61.5 Å². The van der Waals surface area contributed by atoms with Crippen LogP contribution in [0.2, 0.25) is 0 Å². The summed E-state index contributed by atoms with van der Waals surface area (Å²) < 4.78 is 19.2. The number of aromatic nitrogens is 6. The molecule has 1 amide bonds. The van der Waals surface area contributed by atoms with Crippen molar-refractivity contribution in [2.24, 2.45) is 0 Å². The van der Waals surface area contributed by atoms with E-state index in [2.05, 4.69) is 51.8 Å². The number of anilines is 2. The summed E-state index contributed by atoms with van der Waals surface area (Å²) in [6.45, 7) is 10.0. The van der Waals surface area contributed by atoms with Crippen LogP contribution in [0.25, 0.3) is 22.5 Å². The Hall–Kier alpha value is -6.15. The van der Waals surface area contributed by atoms with Crippen LogP contribution < -0.4 is 15.4 Å². The molecule has 0 spiro atoms. The van der Waals surface area contributed by atoms with E-state index >= 15 is 0 Å². The smallest absolute Gasteiger partial charge is 0.414 e. The summed E-state index contributed by atoms with van der Waals surface area (Å²) in [5.41, 5.74) is 11.5. The molecular weight excluding hydrogens is 729 g/mol. The number of rotatable bonds is 14. The van der Waals surface area contributed by atoms with E-state index in [0.29, 0.717) is 58.8 Å². The molecule has 0 aliphatic carbocycles. The van der Waals surface area contributed by atoms with Gasteiger partial charge in [0, 0.05) is 42.3 Å². The summed E-state index contributed by atoms with van der Waals surface area (Å²) in [5, 5.41) is 14.4. The molecule has 0 atom stereocenters. The van der Waals surface area contributed by atoms with Gasteiger partial charge in [-0.25, -0.2) is 19.7 Å². The third-order valence-corrected chi connectivity index (χ3v) is 9.68. The highest BCUT2D eigenvalue weighted by atomic mass is 32.2. The zero-order chi connectivity index (χ0) is 39.8. The molecule has 13 nitrogen and oxygen atoms in total. The van der Waals surface area contributed by atoms with Gasteiger partial charge in [-0.1, -0.05) is 55.5 Å². The number of nitrogens with zero attached hydrogens (tertiary/aromatic N) is 6. The number of amides is 1. The average molecular weight is 775 g/mol. The van der Waals surface area contributed by atoms with Gasteiger partial charge in [0.2, 0.25) is 0 Å². The van der Waals surface area contributed by atoms with Crippen LogP contribution in [0.1, 0.15) is 68.6 Å². The number of benzene rings is 4. The molecule has 0 aliphatic rings. The number of nitrogen functional groups attached to an aromatic ring is 1. The largest absolute Gasteiger partial charge is 0.461 e. The lowest BCUT2D eigenvalue weighted by molar-refractivity contribution is 0.0511. The minimum atomic E-state index is -0.646. The molecule has 6 aromatic rings. The van der Waals surface area contributed by atoms with E-state index < -0.39 is 17.7 Å². The number of thioether (sulfide) groups is 1. The molecule has 0 radical (unpaired) electrons. The average Bonchev–Trinajstić information content (AvgIpc) is 3.84. The van der Waals surface area contributed by atoms with Gasteiger partial charge in [-0.2, -0.15) is 0 Å². The summed E-state index contributed by atoms with van der Waals surface area (Å²) in [6.07, 6.45) is 1.06. The number of esters is 1. The fourth-order valence-electron chi connectivity index (χ4n) is 6.05. The van der Waals surface area contributed by atoms with Gasteiger partial charge in [0.05, 0.1) is 23.7 Å².